The van der Waals surface area contributed by atoms with Crippen LogP contribution in [0.25, 0.3) is 0 Å². The molecular weight excluding hydrogens is 275 g/mol. The number of aryl methyl sites for hydroxylation is 3. The zero-order chi connectivity index (χ0) is 15.7. The molecule has 0 aliphatic heterocycles. The third kappa shape index (κ3) is 3.20. The fraction of sp³-hybridized carbons (Fsp3) is 0.294. The van der Waals surface area contributed by atoms with E-state index in [-0.39, 0.29) is 11.7 Å². The third-order valence-electron chi connectivity index (χ3n) is 3.54. The molecule has 2 aromatic rings. The Labute approximate surface area is 122 Å². The van der Waals surface area contributed by atoms with Gasteiger partial charge in [-0.3, -0.25) is 0 Å². The molecule has 0 saturated heterocycles. The summed E-state index contributed by atoms with van der Waals surface area (Å²) in [5, 5.41) is 2.81. The third-order valence-corrected chi connectivity index (χ3v) is 3.54. The Morgan fingerprint density at radius 1 is 0.857 bits per heavy atom. The van der Waals surface area contributed by atoms with Crippen molar-refractivity contribution in [2.75, 3.05) is 5.32 Å². The van der Waals surface area contributed by atoms with E-state index in [0.29, 0.717) is 12.1 Å². The van der Waals surface area contributed by atoms with Crippen molar-refractivity contribution in [3.8, 4) is 0 Å². The zero-order valence-corrected chi connectivity index (χ0v) is 12.5. The summed E-state index contributed by atoms with van der Waals surface area (Å²) >= 11 is 0. The van der Waals surface area contributed by atoms with Gasteiger partial charge in [-0.05, 0) is 44.4 Å². The Kier molecular flexibility index (Phi) is 4.26. The Balaban J connectivity index is 2.37. The van der Waals surface area contributed by atoms with E-state index in [9.17, 15) is 13.2 Å². The second-order valence-electron chi connectivity index (χ2n) is 5.42. The molecule has 21 heavy (non-hydrogen) atoms. The van der Waals surface area contributed by atoms with Crippen LogP contribution in [0.5, 0.6) is 0 Å². The highest BCUT2D eigenvalue weighted by molar-refractivity contribution is 5.50. The van der Waals surface area contributed by atoms with E-state index >= 15 is 0 Å². The smallest absolute Gasteiger partial charge is 0.152 e. The molecule has 1 unspecified atom stereocenters. The highest BCUT2D eigenvalue weighted by Gasteiger charge is 2.17. The SMILES string of the molecule is Cc1cc(C)c(C(C)Nc2c(F)cc(F)cc2F)c(C)c1. The minimum Gasteiger partial charge on any atom is -0.374 e. The van der Waals surface area contributed by atoms with Gasteiger partial charge in [-0.2, -0.15) is 0 Å². The lowest BCUT2D eigenvalue weighted by Gasteiger charge is -2.21. The van der Waals surface area contributed by atoms with Gasteiger partial charge in [0.1, 0.15) is 11.5 Å². The van der Waals surface area contributed by atoms with Gasteiger partial charge in [0.25, 0.3) is 0 Å². The molecule has 0 fully saturated rings. The highest BCUT2D eigenvalue weighted by Crippen LogP contribution is 2.29. The summed E-state index contributed by atoms with van der Waals surface area (Å²) in [6, 6.07) is 5.11. The molecule has 0 radical (unpaired) electrons. The van der Waals surface area contributed by atoms with Crippen molar-refractivity contribution in [1.29, 1.82) is 0 Å². The maximum absolute atomic E-state index is 13.7. The van der Waals surface area contributed by atoms with Gasteiger partial charge in [-0.25, -0.2) is 13.2 Å². The first-order valence-electron chi connectivity index (χ1n) is 6.78. The van der Waals surface area contributed by atoms with Crippen LogP contribution in [0.15, 0.2) is 24.3 Å². The second kappa shape index (κ2) is 5.80. The van der Waals surface area contributed by atoms with Crippen molar-refractivity contribution in [2.45, 2.75) is 33.7 Å². The summed E-state index contributed by atoms with van der Waals surface area (Å²) in [4.78, 5) is 0. The summed E-state index contributed by atoms with van der Waals surface area (Å²) < 4.78 is 40.4. The fourth-order valence-electron chi connectivity index (χ4n) is 2.84. The van der Waals surface area contributed by atoms with E-state index in [2.05, 4.69) is 5.32 Å². The Bertz CT molecular complexity index is 634. The topological polar surface area (TPSA) is 12.0 Å². The molecule has 0 aliphatic carbocycles. The van der Waals surface area contributed by atoms with Gasteiger partial charge in [0.2, 0.25) is 0 Å². The van der Waals surface area contributed by atoms with Gasteiger partial charge >= 0.3 is 0 Å². The number of anilines is 1. The number of halogens is 3. The Hall–Kier alpha value is -1.97. The van der Waals surface area contributed by atoms with Crippen LogP contribution in [0.1, 0.15) is 35.2 Å². The molecule has 0 heterocycles. The molecule has 112 valence electrons. The molecule has 0 bridgehead atoms. The fourth-order valence-corrected chi connectivity index (χ4v) is 2.84. The molecule has 0 spiro atoms. The van der Waals surface area contributed by atoms with Gasteiger partial charge < -0.3 is 5.32 Å². The molecule has 1 N–H and O–H groups in total. The maximum atomic E-state index is 13.7. The van der Waals surface area contributed by atoms with Crippen LogP contribution in [0.3, 0.4) is 0 Å². The quantitative estimate of drug-likeness (QED) is 0.820. The minimum atomic E-state index is -0.929. The normalized spacial score (nSPS) is 12.3. The molecule has 1 nitrogen and oxygen atoms in total. The summed E-state index contributed by atoms with van der Waals surface area (Å²) in [7, 11) is 0. The lowest BCUT2D eigenvalue weighted by atomic mass is 9.94. The maximum Gasteiger partial charge on any atom is 0.152 e. The van der Waals surface area contributed by atoms with E-state index < -0.39 is 17.5 Å². The molecular formula is C17H18F3N. The van der Waals surface area contributed by atoms with E-state index in [1.54, 1.807) is 0 Å². The van der Waals surface area contributed by atoms with Gasteiger partial charge in [-0.15, -0.1) is 0 Å². The van der Waals surface area contributed by atoms with Gasteiger partial charge in [0.05, 0.1) is 0 Å². The van der Waals surface area contributed by atoms with Crippen molar-refractivity contribution < 1.29 is 13.2 Å². The number of hydrogen-bond acceptors (Lipinski definition) is 1. The largest absolute Gasteiger partial charge is 0.374 e. The Morgan fingerprint density at radius 3 is 1.81 bits per heavy atom. The summed E-state index contributed by atoms with van der Waals surface area (Å²) in [6.45, 7) is 7.75. The highest BCUT2D eigenvalue weighted by atomic mass is 19.1. The second-order valence-corrected chi connectivity index (χ2v) is 5.42. The molecule has 4 heteroatoms. The molecule has 0 saturated carbocycles. The summed E-state index contributed by atoms with van der Waals surface area (Å²) in [5.41, 5.74) is 3.93. The first kappa shape index (κ1) is 15.4. The van der Waals surface area contributed by atoms with Gasteiger partial charge in [-0.1, -0.05) is 17.7 Å². The van der Waals surface area contributed by atoms with Gasteiger partial charge in [0.15, 0.2) is 11.6 Å². The van der Waals surface area contributed by atoms with Crippen molar-refractivity contribution in [1.82, 2.24) is 0 Å². The van der Waals surface area contributed by atoms with Crippen LogP contribution in [0.4, 0.5) is 18.9 Å². The molecule has 2 aromatic carbocycles. The molecule has 0 amide bonds. The predicted molar refractivity (Wildman–Crippen MR) is 79.0 cm³/mol. The first-order valence-corrected chi connectivity index (χ1v) is 6.78. The van der Waals surface area contributed by atoms with Crippen molar-refractivity contribution in [3.63, 3.8) is 0 Å². The number of hydrogen-bond donors (Lipinski definition) is 1. The molecule has 1 atom stereocenters. The van der Waals surface area contributed by atoms with E-state index in [1.807, 2.05) is 39.8 Å². The summed E-state index contributed by atoms with van der Waals surface area (Å²) in [5.74, 6) is -2.78. The lowest BCUT2D eigenvalue weighted by Crippen LogP contribution is -2.13. The van der Waals surface area contributed by atoms with Crippen LogP contribution in [0.2, 0.25) is 0 Å². The van der Waals surface area contributed by atoms with Crippen LogP contribution in [-0.2, 0) is 0 Å². The van der Waals surface area contributed by atoms with Crippen LogP contribution in [-0.4, -0.2) is 0 Å². The van der Waals surface area contributed by atoms with Crippen LogP contribution in [0, 0.1) is 38.2 Å². The molecule has 0 aliphatic rings. The zero-order valence-electron chi connectivity index (χ0n) is 12.5. The molecule has 0 aromatic heterocycles. The first-order chi connectivity index (χ1) is 9.79. The summed E-state index contributed by atoms with van der Waals surface area (Å²) in [6.07, 6.45) is 0. The van der Waals surface area contributed by atoms with E-state index in [4.69, 9.17) is 0 Å². The van der Waals surface area contributed by atoms with Crippen LogP contribution >= 0.6 is 0 Å². The standard InChI is InChI=1S/C17H18F3N/c1-9-5-10(2)16(11(3)6-9)12(4)21-17-14(19)7-13(18)8-15(17)20/h5-8,12,21H,1-4H3. The van der Waals surface area contributed by atoms with E-state index in [1.165, 1.54) is 0 Å². The van der Waals surface area contributed by atoms with Crippen molar-refractivity contribution in [3.05, 3.63) is 64.0 Å². The van der Waals surface area contributed by atoms with Crippen molar-refractivity contribution >= 4 is 5.69 Å². The van der Waals surface area contributed by atoms with Gasteiger partial charge in [0, 0.05) is 18.2 Å². The average molecular weight is 293 g/mol. The van der Waals surface area contributed by atoms with Crippen molar-refractivity contribution in [2.24, 2.45) is 0 Å². The number of nitrogens with one attached hydrogen (secondary N) is 1. The average Bonchev–Trinajstić information content (AvgIpc) is 2.32. The predicted octanol–water partition coefficient (Wildman–Crippen LogP) is 5.20. The number of rotatable bonds is 3. The lowest BCUT2D eigenvalue weighted by molar-refractivity contribution is 0.545. The minimum absolute atomic E-state index is 0.292. The number of benzene rings is 2. The van der Waals surface area contributed by atoms with Crippen LogP contribution < -0.4 is 5.32 Å². The Morgan fingerprint density at radius 2 is 1.33 bits per heavy atom. The monoisotopic (exact) mass is 293 g/mol. The molecule has 2 rings (SSSR count). The van der Waals surface area contributed by atoms with E-state index in [0.717, 1.165) is 22.3 Å².